The highest BCUT2D eigenvalue weighted by atomic mass is 32.2. The lowest BCUT2D eigenvalue weighted by Crippen LogP contribution is -2.32. The monoisotopic (exact) mass is 259 g/mol. The van der Waals surface area contributed by atoms with Gasteiger partial charge in [0.05, 0.1) is 16.2 Å². The largest absolute Gasteiger partial charge is 0.475 e. The van der Waals surface area contributed by atoms with Gasteiger partial charge in [-0.05, 0) is 20.3 Å². The topological polar surface area (TPSA) is 97.5 Å². The average Bonchev–Trinajstić information content (AvgIpc) is 2.72. The van der Waals surface area contributed by atoms with Crippen LogP contribution in [0.25, 0.3) is 0 Å². The van der Waals surface area contributed by atoms with E-state index in [0.29, 0.717) is 12.1 Å². The maximum atomic E-state index is 11.8. The lowest BCUT2D eigenvalue weighted by Gasteiger charge is -2.23. The summed E-state index contributed by atoms with van der Waals surface area (Å²) in [5, 5.41) is 12.4. The molecule has 1 aromatic rings. The number of rotatable bonds is 2. The molecular weight excluding hydrogens is 246 g/mol. The number of hydrogen-bond acceptors (Lipinski definition) is 5. The van der Waals surface area contributed by atoms with E-state index in [2.05, 4.69) is 9.68 Å². The summed E-state index contributed by atoms with van der Waals surface area (Å²) in [7, 11) is -3.16. The lowest BCUT2D eigenvalue weighted by atomic mass is 9.90. The van der Waals surface area contributed by atoms with E-state index in [9.17, 15) is 13.2 Å². The Hall–Kier alpha value is -1.37. The van der Waals surface area contributed by atoms with Crippen molar-refractivity contribution in [2.45, 2.75) is 30.9 Å². The van der Waals surface area contributed by atoms with E-state index in [1.165, 1.54) is 6.07 Å². The van der Waals surface area contributed by atoms with Crippen molar-refractivity contribution in [3.8, 4) is 0 Å². The van der Waals surface area contributed by atoms with Crippen molar-refractivity contribution < 1.29 is 22.8 Å². The second kappa shape index (κ2) is 3.56. The number of sulfone groups is 1. The minimum atomic E-state index is -3.16. The fourth-order valence-corrected chi connectivity index (χ4v) is 3.90. The van der Waals surface area contributed by atoms with Gasteiger partial charge in [0.2, 0.25) is 5.76 Å². The molecule has 1 aliphatic rings. The van der Waals surface area contributed by atoms with E-state index in [0.717, 1.165) is 0 Å². The van der Waals surface area contributed by atoms with Gasteiger partial charge in [0, 0.05) is 12.0 Å². The van der Waals surface area contributed by atoms with E-state index in [4.69, 9.17) is 5.11 Å². The molecule has 0 saturated carbocycles. The highest BCUT2D eigenvalue weighted by Gasteiger charge is 2.49. The molecule has 1 atom stereocenters. The van der Waals surface area contributed by atoms with E-state index in [-0.39, 0.29) is 17.4 Å². The van der Waals surface area contributed by atoms with Crippen LogP contribution in [0.15, 0.2) is 10.6 Å². The SMILES string of the molecule is CC1(C)C(c2cc(C(=O)O)on2)CCS1(=O)=O. The van der Waals surface area contributed by atoms with Crippen molar-refractivity contribution in [3.05, 3.63) is 17.5 Å². The van der Waals surface area contributed by atoms with Crippen LogP contribution in [0, 0.1) is 0 Å². The number of hydrogen-bond donors (Lipinski definition) is 1. The minimum Gasteiger partial charge on any atom is -0.475 e. The number of aromatic carboxylic acids is 1. The molecule has 6 nitrogen and oxygen atoms in total. The van der Waals surface area contributed by atoms with Gasteiger partial charge in [-0.25, -0.2) is 13.2 Å². The standard InChI is InChI=1S/C10H13NO5S/c1-10(2)6(3-4-17(10,14)15)7-5-8(9(12)13)16-11-7/h5-6H,3-4H2,1-2H3,(H,12,13). The number of carboxylic acid groups (broad SMARTS) is 1. The van der Waals surface area contributed by atoms with Crippen molar-refractivity contribution in [1.82, 2.24) is 5.16 Å². The van der Waals surface area contributed by atoms with Crippen LogP contribution in [0.2, 0.25) is 0 Å². The maximum Gasteiger partial charge on any atom is 0.374 e. The molecule has 0 spiro atoms. The van der Waals surface area contributed by atoms with Gasteiger partial charge in [-0.1, -0.05) is 5.16 Å². The van der Waals surface area contributed by atoms with Crippen LogP contribution in [0.3, 0.4) is 0 Å². The summed E-state index contributed by atoms with van der Waals surface area (Å²) >= 11 is 0. The molecule has 0 radical (unpaired) electrons. The summed E-state index contributed by atoms with van der Waals surface area (Å²) in [5.41, 5.74) is 0.397. The molecule has 1 saturated heterocycles. The van der Waals surface area contributed by atoms with Gasteiger partial charge in [-0.2, -0.15) is 0 Å². The number of aromatic nitrogens is 1. The van der Waals surface area contributed by atoms with Gasteiger partial charge < -0.3 is 9.63 Å². The fourth-order valence-electron chi connectivity index (χ4n) is 2.16. The smallest absolute Gasteiger partial charge is 0.374 e. The van der Waals surface area contributed by atoms with Crippen molar-refractivity contribution in [3.63, 3.8) is 0 Å². The Kier molecular flexibility index (Phi) is 2.53. The van der Waals surface area contributed by atoms with E-state index in [1.807, 2.05) is 0 Å². The van der Waals surface area contributed by atoms with Crippen LogP contribution in [0.5, 0.6) is 0 Å². The summed E-state index contributed by atoms with van der Waals surface area (Å²) in [6.45, 7) is 3.27. The zero-order valence-corrected chi connectivity index (χ0v) is 10.3. The van der Waals surface area contributed by atoms with Crippen molar-refractivity contribution in [2.24, 2.45) is 0 Å². The van der Waals surface area contributed by atoms with Gasteiger partial charge in [0.25, 0.3) is 0 Å². The third-order valence-electron chi connectivity index (χ3n) is 3.41. The van der Waals surface area contributed by atoms with Gasteiger partial charge in [0.15, 0.2) is 9.84 Å². The first-order chi connectivity index (χ1) is 7.75. The highest BCUT2D eigenvalue weighted by molar-refractivity contribution is 7.93. The first kappa shape index (κ1) is 12.1. The van der Waals surface area contributed by atoms with Crippen molar-refractivity contribution in [2.75, 3.05) is 5.75 Å². The van der Waals surface area contributed by atoms with Crippen LogP contribution in [0.1, 0.15) is 42.4 Å². The molecule has 0 amide bonds. The zero-order valence-electron chi connectivity index (χ0n) is 9.50. The average molecular weight is 259 g/mol. The minimum absolute atomic E-state index is 0.0972. The Morgan fingerprint density at radius 3 is 2.65 bits per heavy atom. The first-order valence-electron chi connectivity index (χ1n) is 5.18. The molecule has 1 N–H and O–H groups in total. The van der Waals surface area contributed by atoms with Gasteiger partial charge >= 0.3 is 5.97 Å². The molecule has 0 bridgehead atoms. The first-order valence-corrected chi connectivity index (χ1v) is 6.83. The van der Waals surface area contributed by atoms with E-state index in [1.54, 1.807) is 13.8 Å². The molecule has 1 fully saturated rings. The number of carbonyl (C=O) groups is 1. The molecule has 1 unspecified atom stereocenters. The lowest BCUT2D eigenvalue weighted by molar-refractivity contribution is 0.0652. The predicted molar refractivity (Wildman–Crippen MR) is 58.7 cm³/mol. The molecule has 17 heavy (non-hydrogen) atoms. The molecule has 2 rings (SSSR count). The molecule has 0 aromatic carbocycles. The van der Waals surface area contributed by atoms with Crippen LogP contribution in [-0.2, 0) is 9.84 Å². The summed E-state index contributed by atoms with van der Waals surface area (Å²) in [6.07, 6.45) is 0.445. The molecule has 0 aliphatic carbocycles. The Labute approximate surface area is 98.5 Å². The third-order valence-corrected chi connectivity index (χ3v) is 6.07. The van der Waals surface area contributed by atoms with Crippen LogP contribution in [-0.4, -0.2) is 35.2 Å². The summed E-state index contributed by atoms with van der Waals surface area (Å²) in [6, 6.07) is 1.30. The molecular formula is C10H13NO5S. The zero-order chi connectivity index (χ0) is 12.8. The van der Waals surface area contributed by atoms with Gasteiger partial charge in [0.1, 0.15) is 0 Å². The van der Waals surface area contributed by atoms with E-state index >= 15 is 0 Å². The van der Waals surface area contributed by atoms with Crippen molar-refractivity contribution in [1.29, 1.82) is 0 Å². The Morgan fingerprint density at radius 1 is 1.59 bits per heavy atom. The summed E-state index contributed by atoms with van der Waals surface area (Å²) < 4.78 is 27.4. The second-order valence-corrected chi connectivity index (χ2v) is 7.37. The quantitative estimate of drug-likeness (QED) is 0.852. The summed E-state index contributed by atoms with van der Waals surface area (Å²) in [4.78, 5) is 10.7. The molecule has 2 heterocycles. The summed E-state index contributed by atoms with van der Waals surface area (Å²) in [5.74, 6) is -1.69. The van der Waals surface area contributed by atoms with Crippen molar-refractivity contribution >= 4 is 15.8 Å². The number of nitrogens with zero attached hydrogens (tertiary/aromatic N) is 1. The van der Waals surface area contributed by atoms with Crippen LogP contribution in [0.4, 0.5) is 0 Å². The Balaban J connectivity index is 2.39. The van der Waals surface area contributed by atoms with E-state index < -0.39 is 20.6 Å². The predicted octanol–water partition coefficient (Wildman–Crippen LogP) is 1.05. The number of carboxylic acids is 1. The third kappa shape index (κ3) is 1.74. The molecule has 1 aliphatic heterocycles. The van der Waals surface area contributed by atoms with Crippen LogP contribution < -0.4 is 0 Å². The second-order valence-electron chi connectivity index (χ2n) is 4.68. The highest BCUT2D eigenvalue weighted by Crippen LogP contribution is 2.43. The van der Waals surface area contributed by atoms with Gasteiger partial charge in [-0.15, -0.1) is 0 Å². The molecule has 1 aromatic heterocycles. The molecule has 7 heteroatoms. The van der Waals surface area contributed by atoms with Gasteiger partial charge in [-0.3, -0.25) is 0 Å². The Bertz CT molecular complexity index is 557. The maximum absolute atomic E-state index is 11.8. The fraction of sp³-hybridized carbons (Fsp3) is 0.600. The van der Waals surface area contributed by atoms with Crippen LogP contribution >= 0.6 is 0 Å². The Morgan fingerprint density at radius 2 is 2.24 bits per heavy atom. The normalized spacial score (nSPS) is 25.9. The molecule has 94 valence electrons.